The Hall–Kier alpha value is -0.620. The highest BCUT2D eigenvalue weighted by atomic mass is 35.5. The largest absolute Gasteiger partial charge is 0.323 e. The zero-order valence-corrected chi connectivity index (χ0v) is 10.0. The Morgan fingerprint density at radius 1 is 1.33 bits per heavy atom. The Balaban J connectivity index is 0.00000196. The number of sulfonamides is 1. The molecule has 3 N–H and O–H groups in total. The summed E-state index contributed by atoms with van der Waals surface area (Å²) in [6.07, 6.45) is 1.12. The fourth-order valence-electron chi connectivity index (χ4n) is 1.06. The topological polar surface area (TPSA) is 72.2 Å². The van der Waals surface area contributed by atoms with Gasteiger partial charge in [-0.2, -0.15) is 0 Å². The van der Waals surface area contributed by atoms with Crippen LogP contribution in [0, 0.1) is 0 Å². The van der Waals surface area contributed by atoms with Crippen LogP contribution in [-0.2, 0) is 10.0 Å². The Morgan fingerprint density at radius 2 is 1.87 bits per heavy atom. The third kappa shape index (κ3) is 5.74. The summed E-state index contributed by atoms with van der Waals surface area (Å²) in [6.45, 7) is 0.225. The van der Waals surface area contributed by atoms with Crippen LogP contribution in [0.25, 0.3) is 0 Å². The number of hydrogen-bond donors (Lipinski definition) is 2. The molecule has 1 atom stereocenters. The molecule has 0 spiro atoms. The predicted octanol–water partition coefficient (Wildman–Crippen LogP) is 0.657. The van der Waals surface area contributed by atoms with Gasteiger partial charge in [-0.3, -0.25) is 0 Å². The molecular formula is C9H15ClN2O2S. The first kappa shape index (κ1) is 14.4. The molecular weight excluding hydrogens is 236 g/mol. The number of rotatable bonds is 4. The van der Waals surface area contributed by atoms with Gasteiger partial charge in [0.2, 0.25) is 10.0 Å². The van der Waals surface area contributed by atoms with Crippen LogP contribution in [0.4, 0.5) is 0 Å². The highest BCUT2D eigenvalue weighted by Gasteiger charge is 2.07. The van der Waals surface area contributed by atoms with Crippen LogP contribution < -0.4 is 10.5 Å². The van der Waals surface area contributed by atoms with Crippen molar-refractivity contribution in [2.24, 2.45) is 5.73 Å². The fourth-order valence-corrected chi connectivity index (χ4v) is 1.54. The maximum absolute atomic E-state index is 10.8. The molecule has 1 rings (SSSR count). The second-order valence-corrected chi connectivity index (χ2v) is 4.97. The third-order valence-electron chi connectivity index (χ3n) is 1.79. The van der Waals surface area contributed by atoms with Crippen molar-refractivity contribution in [2.45, 2.75) is 6.04 Å². The quantitative estimate of drug-likeness (QED) is 0.825. The smallest absolute Gasteiger partial charge is 0.208 e. The molecule has 0 bridgehead atoms. The van der Waals surface area contributed by atoms with E-state index in [4.69, 9.17) is 5.73 Å². The number of halogens is 1. The van der Waals surface area contributed by atoms with Crippen molar-refractivity contribution in [1.82, 2.24) is 4.72 Å². The lowest BCUT2D eigenvalue weighted by molar-refractivity contribution is 0.578. The molecule has 0 aliphatic rings. The summed E-state index contributed by atoms with van der Waals surface area (Å²) in [5, 5.41) is 0. The first-order valence-electron chi connectivity index (χ1n) is 4.24. The van der Waals surface area contributed by atoms with Gasteiger partial charge in [0.1, 0.15) is 0 Å². The van der Waals surface area contributed by atoms with Crippen LogP contribution in [0.1, 0.15) is 11.6 Å². The zero-order chi connectivity index (χ0) is 10.6. The molecule has 1 unspecified atom stereocenters. The molecule has 0 amide bonds. The maximum Gasteiger partial charge on any atom is 0.208 e. The molecule has 15 heavy (non-hydrogen) atoms. The Morgan fingerprint density at radius 3 is 2.33 bits per heavy atom. The van der Waals surface area contributed by atoms with E-state index >= 15 is 0 Å². The minimum absolute atomic E-state index is 0. The molecule has 0 aliphatic carbocycles. The molecule has 0 aromatic heterocycles. The third-order valence-corrected chi connectivity index (χ3v) is 2.48. The van der Waals surface area contributed by atoms with Crippen molar-refractivity contribution in [3.63, 3.8) is 0 Å². The molecule has 0 heterocycles. The van der Waals surface area contributed by atoms with Crippen molar-refractivity contribution < 1.29 is 8.42 Å². The van der Waals surface area contributed by atoms with E-state index < -0.39 is 10.0 Å². The number of nitrogens with one attached hydrogen (secondary N) is 1. The van der Waals surface area contributed by atoms with Gasteiger partial charge in [-0.15, -0.1) is 12.4 Å². The minimum atomic E-state index is -3.16. The van der Waals surface area contributed by atoms with Gasteiger partial charge < -0.3 is 5.73 Å². The van der Waals surface area contributed by atoms with Crippen molar-refractivity contribution in [1.29, 1.82) is 0 Å². The van der Waals surface area contributed by atoms with Crippen LogP contribution in [-0.4, -0.2) is 21.2 Å². The molecule has 1 aromatic rings. The number of benzene rings is 1. The summed E-state index contributed by atoms with van der Waals surface area (Å²) in [6, 6.07) is 9.07. The van der Waals surface area contributed by atoms with Crippen LogP contribution in [0.2, 0.25) is 0 Å². The molecule has 6 heteroatoms. The van der Waals surface area contributed by atoms with Crippen LogP contribution in [0.3, 0.4) is 0 Å². The lowest BCUT2D eigenvalue weighted by atomic mass is 10.1. The van der Waals surface area contributed by atoms with Gasteiger partial charge in [0.15, 0.2) is 0 Å². The second kappa shape index (κ2) is 6.07. The second-order valence-electron chi connectivity index (χ2n) is 3.14. The van der Waals surface area contributed by atoms with Gasteiger partial charge in [0.25, 0.3) is 0 Å². The zero-order valence-electron chi connectivity index (χ0n) is 8.38. The summed E-state index contributed by atoms with van der Waals surface area (Å²) in [5.74, 6) is 0. The number of hydrogen-bond acceptors (Lipinski definition) is 3. The highest BCUT2D eigenvalue weighted by Crippen LogP contribution is 2.07. The normalized spacial score (nSPS) is 12.9. The summed E-state index contributed by atoms with van der Waals surface area (Å²) >= 11 is 0. The van der Waals surface area contributed by atoms with Crippen molar-refractivity contribution >= 4 is 22.4 Å². The van der Waals surface area contributed by atoms with Gasteiger partial charge in [0, 0.05) is 12.6 Å². The van der Waals surface area contributed by atoms with E-state index in [9.17, 15) is 8.42 Å². The Bertz CT molecular complexity index is 380. The van der Waals surface area contributed by atoms with E-state index in [2.05, 4.69) is 4.72 Å². The standard InChI is InChI=1S/C9H14N2O2S.ClH/c1-14(12,13)11-7-9(10)8-5-3-2-4-6-8;/h2-6,9,11H,7,10H2,1H3;1H. The summed E-state index contributed by atoms with van der Waals surface area (Å²) in [4.78, 5) is 0. The van der Waals surface area contributed by atoms with Gasteiger partial charge >= 0.3 is 0 Å². The van der Waals surface area contributed by atoms with Gasteiger partial charge in [0.05, 0.1) is 6.26 Å². The average molecular weight is 251 g/mol. The maximum atomic E-state index is 10.8. The van der Waals surface area contributed by atoms with Gasteiger partial charge in [-0.1, -0.05) is 30.3 Å². The van der Waals surface area contributed by atoms with E-state index in [1.54, 1.807) is 0 Å². The first-order chi connectivity index (χ1) is 6.49. The predicted molar refractivity (Wildman–Crippen MR) is 63.5 cm³/mol. The fraction of sp³-hybridized carbons (Fsp3) is 0.333. The van der Waals surface area contributed by atoms with Gasteiger partial charge in [-0.25, -0.2) is 13.1 Å². The molecule has 4 nitrogen and oxygen atoms in total. The summed E-state index contributed by atoms with van der Waals surface area (Å²) in [7, 11) is -3.16. The molecule has 1 aromatic carbocycles. The Kier molecular flexibility index (Phi) is 5.82. The van der Waals surface area contributed by atoms with E-state index in [1.165, 1.54) is 0 Å². The van der Waals surface area contributed by atoms with E-state index in [0.29, 0.717) is 0 Å². The SMILES string of the molecule is CS(=O)(=O)NCC(N)c1ccccc1.Cl. The van der Waals surface area contributed by atoms with E-state index in [-0.39, 0.29) is 25.0 Å². The summed E-state index contributed by atoms with van der Waals surface area (Å²) < 4.78 is 24.0. The van der Waals surface area contributed by atoms with Gasteiger partial charge in [-0.05, 0) is 5.56 Å². The number of nitrogens with two attached hydrogens (primary N) is 1. The molecule has 86 valence electrons. The minimum Gasteiger partial charge on any atom is -0.323 e. The molecule has 0 saturated heterocycles. The van der Waals surface area contributed by atoms with E-state index in [0.717, 1.165) is 11.8 Å². The van der Waals surface area contributed by atoms with E-state index in [1.807, 2.05) is 30.3 Å². The lowest BCUT2D eigenvalue weighted by Gasteiger charge is -2.11. The van der Waals surface area contributed by atoms with Crippen LogP contribution in [0.5, 0.6) is 0 Å². The molecule has 0 fully saturated rings. The lowest BCUT2D eigenvalue weighted by Crippen LogP contribution is -2.31. The highest BCUT2D eigenvalue weighted by molar-refractivity contribution is 7.88. The van der Waals surface area contributed by atoms with Crippen molar-refractivity contribution in [3.05, 3.63) is 35.9 Å². The monoisotopic (exact) mass is 250 g/mol. The van der Waals surface area contributed by atoms with Crippen molar-refractivity contribution in [2.75, 3.05) is 12.8 Å². The molecule has 0 radical (unpaired) electrons. The molecule has 0 saturated carbocycles. The van der Waals surface area contributed by atoms with Crippen molar-refractivity contribution in [3.8, 4) is 0 Å². The van der Waals surface area contributed by atoms with Crippen LogP contribution >= 0.6 is 12.4 Å². The van der Waals surface area contributed by atoms with Crippen LogP contribution in [0.15, 0.2) is 30.3 Å². The Labute approximate surface area is 96.3 Å². The summed E-state index contributed by atoms with van der Waals surface area (Å²) in [5.41, 5.74) is 6.70. The molecule has 0 aliphatic heterocycles. The first-order valence-corrected chi connectivity index (χ1v) is 6.13. The average Bonchev–Trinajstić information content (AvgIpc) is 2.14.